The number of carbonyl (C=O) groups excluding carboxylic acids is 4. The molecule has 0 aromatic carbocycles. The number of ketones is 2. The van der Waals surface area contributed by atoms with Gasteiger partial charge in [-0.1, -0.05) is 94.7 Å². The molecule has 6 N–H and O–H groups in total. The number of nitrogens with two attached hydrogens (primary N) is 1. The Bertz CT molecular complexity index is 1160. The van der Waals surface area contributed by atoms with Gasteiger partial charge in [0.25, 0.3) is 11.8 Å². The fourth-order valence-corrected chi connectivity index (χ4v) is 5.85. The Balaban J connectivity index is 0.00000104. The van der Waals surface area contributed by atoms with Crippen LogP contribution < -0.4 is 21.8 Å². The molecule has 1 aliphatic rings. The van der Waals surface area contributed by atoms with Gasteiger partial charge in [0.1, 0.15) is 11.7 Å². The number of amides is 2. The zero-order valence-electron chi connectivity index (χ0n) is 33.4. The predicted molar refractivity (Wildman–Crippen MR) is 219 cm³/mol. The normalized spacial score (nSPS) is 14.1. The van der Waals surface area contributed by atoms with Gasteiger partial charge >= 0.3 is 11.3 Å². The fraction of sp³-hybridized carbons (Fsp3) is 0.750. The van der Waals surface area contributed by atoms with E-state index >= 15 is 0 Å². The fourth-order valence-electron chi connectivity index (χ4n) is 5.33. The predicted octanol–water partition coefficient (Wildman–Crippen LogP) is 7.90. The smallest absolute Gasteiger partial charge is 0.309 e. The maximum Gasteiger partial charge on any atom is 0.309 e. The molecule has 54 heavy (non-hydrogen) atoms. The van der Waals surface area contributed by atoms with Gasteiger partial charge in [-0.3, -0.25) is 19.2 Å². The van der Waals surface area contributed by atoms with Crippen LogP contribution in [0.5, 0.6) is 0 Å². The number of hydroxylamine groups is 1. The van der Waals surface area contributed by atoms with Crippen LogP contribution in [0.2, 0.25) is 0 Å². The number of allylic oxidation sites excluding steroid dienone is 4. The number of nitrogens with one attached hydrogen (secondary N) is 3. The van der Waals surface area contributed by atoms with E-state index in [-0.39, 0.29) is 11.6 Å². The van der Waals surface area contributed by atoms with Crippen molar-refractivity contribution in [1.29, 1.82) is 0 Å². The first kappa shape index (κ1) is 50.6. The Hall–Kier alpha value is -3.39. The van der Waals surface area contributed by atoms with Crippen LogP contribution in [0.1, 0.15) is 181 Å². The largest absolute Gasteiger partial charge is 0.409 e. The van der Waals surface area contributed by atoms with Gasteiger partial charge in [0.05, 0.1) is 0 Å². The van der Waals surface area contributed by atoms with E-state index in [0.717, 1.165) is 141 Å². The van der Waals surface area contributed by atoms with Gasteiger partial charge in [0.15, 0.2) is 0 Å². The molecule has 0 aromatic heterocycles. The van der Waals surface area contributed by atoms with Crippen molar-refractivity contribution in [1.82, 2.24) is 16.1 Å². The van der Waals surface area contributed by atoms with Gasteiger partial charge in [-0.15, -0.1) is 4.40 Å². The third-order valence-corrected chi connectivity index (χ3v) is 9.25. The average Bonchev–Trinajstić information content (AvgIpc) is 3.59. The topological polar surface area (TPSA) is 202 Å². The number of carbonyl (C=O) groups is 4. The molecule has 0 aliphatic carbocycles. The van der Waals surface area contributed by atoms with Crippen molar-refractivity contribution in [2.45, 2.75) is 181 Å². The first-order chi connectivity index (χ1) is 26.2. The quantitative estimate of drug-likeness (QED) is 0.00819. The molecule has 0 aromatic rings. The summed E-state index contributed by atoms with van der Waals surface area (Å²) < 4.78 is 19.3. The van der Waals surface area contributed by atoms with Crippen molar-refractivity contribution >= 4 is 46.3 Å². The Morgan fingerprint density at radius 3 is 1.52 bits per heavy atom. The van der Waals surface area contributed by atoms with E-state index in [0.29, 0.717) is 44.0 Å². The van der Waals surface area contributed by atoms with Crippen LogP contribution in [-0.4, -0.2) is 57.6 Å². The zero-order chi connectivity index (χ0) is 39.9. The number of nitrogens with zero attached hydrogens (tertiary/aromatic N) is 2. The minimum Gasteiger partial charge on any atom is -0.409 e. The van der Waals surface area contributed by atoms with Gasteiger partial charge in [0.2, 0.25) is 11.6 Å². The number of hydrogen-bond donors (Lipinski definition) is 5. The molecule has 310 valence electrons. The maximum absolute atomic E-state index is 11.6. The maximum atomic E-state index is 11.6. The highest BCUT2D eigenvalue weighted by Crippen LogP contribution is 2.10. The minimum atomic E-state index is -1.54. The molecule has 1 rings (SSSR count). The van der Waals surface area contributed by atoms with E-state index in [4.69, 9.17) is 10.9 Å². The highest BCUT2D eigenvalue weighted by Gasteiger charge is 2.13. The van der Waals surface area contributed by atoms with Crippen molar-refractivity contribution in [3.8, 4) is 0 Å². The van der Waals surface area contributed by atoms with Gasteiger partial charge in [-0.2, -0.15) is 4.28 Å². The highest BCUT2D eigenvalue weighted by molar-refractivity contribution is 7.79. The molecule has 0 saturated heterocycles. The molecule has 13 nitrogen and oxygen atoms in total. The molecule has 1 aliphatic heterocycles. The lowest BCUT2D eigenvalue weighted by atomic mass is 10.1. The summed E-state index contributed by atoms with van der Waals surface area (Å²) in [6, 6.07) is 0. The van der Waals surface area contributed by atoms with Crippen LogP contribution in [0.3, 0.4) is 0 Å². The van der Waals surface area contributed by atoms with E-state index in [1.165, 1.54) is 6.42 Å². The molecule has 0 fully saturated rings. The Kier molecular flexibility index (Phi) is 35.5. The summed E-state index contributed by atoms with van der Waals surface area (Å²) in [5.41, 5.74) is 7.97. The molecule has 1 unspecified atom stereocenters. The average molecular weight is 781 g/mol. The van der Waals surface area contributed by atoms with Gasteiger partial charge in [0, 0.05) is 38.8 Å². The van der Waals surface area contributed by atoms with Crippen LogP contribution in [0.25, 0.3) is 0 Å². The lowest BCUT2D eigenvalue weighted by Gasteiger charge is -2.03. The molecular weight excluding hydrogens is 709 g/mol. The van der Waals surface area contributed by atoms with E-state index in [1.54, 1.807) is 0 Å². The van der Waals surface area contributed by atoms with Crippen LogP contribution in [0.4, 0.5) is 0 Å². The van der Waals surface area contributed by atoms with E-state index in [2.05, 4.69) is 68.1 Å². The lowest BCUT2D eigenvalue weighted by molar-refractivity contribution is -0.138. The SMILES string of the molecule is CCCCCC(=O)C(=O)NCCCC/C=C\CCCCCC/C(N)=N/O.CCCCCC(=O)C(=O)NCCCC/C=C\CCCCCCC1=NS(=O)ON1. The van der Waals surface area contributed by atoms with Crippen LogP contribution in [0.15, 0.2) is 33.9 Å². The van der Waals surface area contributed by atoms with Gasteiger partial charge in [-0.05, 0) is 89.9 Å². The second kappa shape index (κ2) is 37.9. The summed E-state index contributed by atoms with van der Waals surface area (Å²) in [4.78, 5) is 46.3. The van der Waals surface area contributed by atoms with Crippen molar-refractivity contribution in [3.63, 3.8) is 0 Å². The first-order valence-corrected chi connectivity index (χ1v) is 21.6. The standard InChI is InChI=1S/C20H35N3O4S.C20H37N3O3/c1-2-3-12-15-18(24)20(25)21-17-14-11-9-7-5-4-6-8-10-13-16-19-22-27-28(26)23-19;1-2-3-12-15-18(24)20(25)22-17-14-11-9-7-5-4-6-8-10-13-16-19(21)23-26/h5,7H,2-4,6,8-17H2,1H3,(H,21,25)(H,22,23);5,7,26H,2-4,6,8-17H2,1H3,(H2,21,23)(H,22,25)/b2*7-5-. The summed E-state index contributed by atoms with van der Waals surface area (Å²) in [6.07, 6.45) is 33.5. The summed E-state index contributed by atoms with van der Waals surface area (Å²) in [6.45, 7) is 5.30. The molecule has 0 bridgehead atoms. The number of hydrogen-bond acceptors (Lipinski definition) is 9. The first-order valence-electron chi connectivity index (χ1n) is 20.6. The Labute approximate surface area is 328 Å². The van der Waals surface area contributed by atoms with Crippen LogP contribution in [-0.2, 0) is 34.7 Å². The molecule has 1 heterocycles. The zero-order valence-corrected chi connectivity index (χ0v) is 34.2. The monoisotopic (exact) mass is 781 g/mol. The number of amidine groups is 2. The number of Topliss-reactive ketones (excluding diaryl/α,β-unsaturated/α-hetero) is 2. The van der Waals surface area contributed by atoms with Crippen molar-refractivity contribution in [3.05, 3.63) is 24.3 Å². The molecule has 0 saturated carbocycles. The molecule has 1 atom stereocenters. The van der Waals surface area contributed by atoms with Crippen molar-refractivity contribution < 1.29 is 32.9 Å². The lowest BCUT2D eigenvalue weighted by Crippen LogP contribution is -2.31. The second-order valence-electron chi connectivity index (χ2n) is 13.6. The van der Waals surface area contributed by atoms with Crippen molar-refractivity contribution in [2.75, 3.05) is 13.1 Å². The number of oxime groups is 1. The van der Waals surface area contributed by atoms with Crippen LogP contribution >= 0.6 is 0 Å². The minimum absolute atomic E-state index is 0.287. The van der Waals surface area contributed by atoms with E-state index in [9.17, 15) is 23.4 Å². The second-order valence-corrected chi connectivity index (χ2v) is 14.4. The van der Waals surface area contributed by atoms with E-state index in [1.807, 2.05) is 0 Å². The summed E-state index contributed by atoms with van der Waals surface area (Å²) >= 11 is -1.54. The van der Waals surface area contributed by atoms with E-state index < -0.39 is 23.1 Å². The number of unbranched alkanes of at least 4 members (excludes halogenated alkanes) is 16. The Morgan fingerprint density at radius 2 is 1.09 bits per heavy atom. The molecule has 0 spiro atoms. The molecule has 14 heteroatoms. The number of rotatable bonds is 34. The molecule has 2 amide bonds. The summed E-state index contributed by atoms with van der Waals surface area (Å²) in [5, 5.41) is 16.8. The van der Waals surface area contributed by atoms with Gasteiger partial charge in [-0.25, -0.2) is 9.69 Å². The third kappa shape index (κ3) is 33.2. The van der Waals surface area contributed by atoms with Gasteiger partial charge < -0.3 is 21.6 Å². The highest BCUT2D eigenvalue weighted by atomic mass is 32.2. The van der Waals surface area contributed by atoms with Crippen molar-refractivity contribution in [2.24, 2.45) is 15.3 Å². The van der Waals surface area contributed by atoms with Crippen LogP contribution in [0, 0.1) is 0 Å². The third-order valence-electron chi connectivity index (χ3n) is 8.65. The molecular formula is C40H72N6O7S. The summed E-state index contributed by atoms with van der Waals surface area (Å²) in [7, 11) is 0. The summed E-state index contributed by atoms with van der Waals surface area (Å²) in [5.74, 6) is -0.446. The Morgan fingerprint density at radius 1 is 0.667 bits per heavy atom. The molecule has 0 radical (unpaired) electrons.